The molecule has 34 atom stereocenters. The highest BCUT2D eigenvalue weighted by molar-refractivity contribution is 5.92. The van der Waals surface area contributed by atoms with Gasteiger partial charge in [0.15, 0.2) is 0 Å². The van der Waals surface area contributed by atoms with E-state index in [1.165, 1.54) is 12.8 Å². The summed E-state index contributed by atoms with van der Waals surface area (Å²) in [5, 5.41) is 88.9. The molecule has 0 radical (unpaired) electrons. The third kappa shape index (κ3) is 19.4. The molecule has 13 aliphatic carbocycles. The number of aliphatic hydroxyl groups is 5. The number of carboxylic acids is 3. The van der Waals surface area contributed by atoms with Crippen molar-refractivity contribution in [3.8, 4) is 0 Å². The Hall–Kier alpha value is -2.90. The first kappa shape index (κ1) is 96.7. The SMILES string of the molecule is C[C@H](CCC(=O)O)[C@H]1CC[C@H]2[C@@H]3CC[C@@H]4C[C@@H](OCCCCCCCC(=O)C5(C)CC(C)(C(=O)CCCCCCCO[C@H]6CC[C@@]7(C)[C@@H](C6)C[C@@H](O)[C@@H]6[C@@H]7C[C@H](O)[C@]7(C)[C@@H]([C@H](C)CCC(=O)O)CC[C@@H]67)CC(C)(C(=O)CCCCCCCO[C@H]6CC[C@@]7(C)[C@@H](C6)C[C@@H](O)[C@@H]6[C@@H]7C[C@H](O)[C@]7(C)[C@@H]([C@H](C)CCC(=O)O)CC[C@@H]67)C5)CC[C@]4(C)[C@H]3C[C@H](O)[C@]12C. The Labute approximate surface area is 736 Å². The molecule has 13 aliphatic rings. The van der Waals surface area contributed by atoms with Crippen LogP contribution in [0.15, 0.2) is 0 Å². The minimum atomic E-state index is -0.796. The number of fused-ring (bicyclic) bond motifs is 15. The second-order valence-electron chi connectivity index (χ2n) is 47.7. The van der Waals surface area contributed by atoms with Crippen LogP contribution >= 0.6 is 0 Å². The maximum atomic E-state index is 14.9. The summed E-state index contributed by atoms with van der Waals surface area (Å²) in [7, 11) is 0. The molecule has 13 saturated carbocycles. The third-order valence-corrected chi connectivity index (χ3v) is 41.0. The maximum absolute atomic E-state index is 14.9. The van der Waals surface area contributed by atoms with E-state index in [1.54, 1.807) is 0 Å². The Morgan fingerprint density at radius 2 is 0.607 bits per heavy atom. The Balaban J connectivity index is 0.545. The van der Waals surface area contributed by atoms with Crippen LogP contribution in [0.3, 0.4) is 0 Å². The molecule has 0 saturated heterocycles. The highest BCUT2D eigenvalue weighted by atomic mass is 16.5. The second-order valence-corrected chi connectivity index (χ2v) is 47.7. The molecule has 0 heterocycles. The normalized spacial score (nSPS) is 45.2. The number of hydrogen-bond donors (Lipinski definition) is 8. The van der Waals surface area contributed by atoms with E-state index in [1.807, 2.05) is 0 Å². The van der Waals surface area contributed by atoms with E-state index in [0.717, 1.165) is 218 Å². The molecule has 0 amide bonds. The van der Waals surface area contributed by atoms with Gasteiger partial charge in [-0.25, -0.2) is 0 Å². The summed E-state index contributed by atoms with van der Waals surface area (Å²) in [5.74, 6) is 4.14. The fourth-order valence-electron chi connectivity index (χ4n) is 34.3. The molecule has 0 aromatic rings. The van der Waals surface area contributed by atoms with Crippen molar-refractivity contribution < 1.29 is 83.8 Å². The van der Waals surface area contributed by atoms with Crippen LogP contribution < -0.4 is 0 Å². The number of Topliss-reactive ketones (excluding diaryl/α,β-unsaturated/α-hetero) is 3. The zero-order valence-electron chi connectivity index (χ0n) is 78.5. The summed E-state index contributed by atoms with van der Waals surface area (Å²) < 4.78 is 20.0. The van der Waals surface area contributed by atoms with E-state index in [0.29, 0.717) is 131 Å². The van der Waals surface area contributed by atoms with Crippen molar-refractivity contribution in [1.82, 2.24) is 0 Å². The smallest absolute Gasteiger partial charge is 0.303 e. The van der Waals surface area contributed by atoms with Gasteiger partial charge in [0.05, 0.1) is 48.8 Å². The van der Waals surface area contributed by atoms with Crippen molar-refractivity contribution in [3.05, 3.63) is 0 Å². The molecule has 0 spiro atoms. The number of aliphatic carboxylic acids is 3. The average Bonchev–Trinajstić information content (AvgIpc) is 1.42. The van der Waals surface area contributed by atoms with Crippen LogP contribution in [-0.4, -0.2) is 145 Å². The van der Waals surface area contributed by atoms with Gasteiger partial charge in [0.25, 0.3) is 0 Å². The lowest BCUT2D eigenvalue weighted by Gasteiger charge is -2.63. The molecule has 8 N–H and O–H groups in total. The third-order valence-electron chi connectivity index (χ3n) is 41.0. The number of carboxylic acid groups (broad SMARTS) is 3. The van der Waals surface area contributed by atoms with Crippen LogP contribution in [0, 0.1) is 155 Å². The number of rotatable bonds is 42. The topological polar surface area (TPSA) is 292 Å². The minimum Gasteiger partial charge on any atom is -0.481 e. The van der Waals surface area contributed by atoms with E-state index in [4.69, 9.17) is 14.2 Å². The van der Waals surface area contributed by atoms with Gasteiger partial charge in [-0.2, -0.15) is 0 Å². The molecule has 13 rings (SSSR count). The van der Waals surface area contributed by atoms with Gasteiger partial charge in [0, 0.05) is 74.6 Å². The Morgan fingerprint density at radius 3 is 0.951 bits per heavy atom. The number of aliphatic hydroxyl groups excluding tert-OH is 5. The van der Waals surface area contributed by atoms with E-state index in [9.17, 15) is 69.6 Å². The van der Waals surface area contributed by atoms with Gasteiger partial charge < -0.3 is 55.1 Å². The van der Waals surface area contributed by atoms with Gasteiger partial charge in [0.2, 0.25) is 0 Å². The van der Waals surface area contributed by atoms with Crippen molar-refractivity contribution in [2.45, 2.75) is 447 Å². The van der Waals surface area contributed by atoms with Gasteiger partial charge in [0.1, 0.15) is 17.3 Å². The van der Waals surface area contributed by atoms with Gasteiger partial charge in [-0.3, -0.25) is 28.8 Å². The van der Waals surface area contributed by atoms with E-state index < -0.39 is 58.6 Å². The maximum Gasteiger partial charge on any atom is 0.303 e. The van der Waals surface area contributed by atoms with E-state index in [-0.39, 0.29) is 153 Å². The lowest BCUT2D eigenvalue weighted by molar-refractivity contribution is -0.209. The zero-order valence-corrected chi connectivity index (χ0v) is 78.5. The number of hydrogen-bond acceptors (Lipinski definition) is 14. The molecule has 0 aromatic carbocycles. The van der Waals surface area contributed by atoms with Crippen LogP contribution in [0.5, 0.6) is 0 Å². The van der Waals surface area contributed by atoms with Crippen LogP contribution in [0.4, 0.5) is 0 Å². The van der Waals surface area contributed by atoms with Crippen LogP contribution in [0.25, 0.3) is 0 Å². The van der Waals surface area contributed by atoms with Gasteiger partial charge >= 0.3 is 17.9 Å². The number of ketones is 3. The van der Waals surface area contributed by atoms with Gasteiger partial charge in [-0.1, -0.05) is 141 Å². The largest absolute Gasteiger partial charge is 0.481 e. The monoisotopic (exact) mass is 1710 g/mol. The molecule has 13 fully saturated rings. The van der Waals surface area contributed by atoms with Gasteiger partial charge in [-0.15, -0.1) is 0 Å². The highest BCUT2D eigenvalue weighted by Crippen LogP contribution is 2.73. The molecule has 17 nitrogen and oxygen atoms in total. The highest BCUT2D eigenvalue weighted by Gasteiger charge is 2.70. The van der Waals surface area contributed by atoms with Gasteiger partial charge in [-0.05, 0) is 357 Å². The molecular formula is C105H174O17. The lowest BCUT2D eigenvalue weighted by atomic mass is 9.43. The van der Waals surface area contributed by atoms with Crippen molar-refractivity contribution in [1.29, 1.82) is 0 Å². The number of carbonyl (C=O) groups is 6. The first-order chi connectivity index (χ1) is 57.8. The Morgan fingerprint density at radius 1 is 0.311 bits per heavy atom. The molecule has 2 unspecified atom stereocenters. The Kier molecular flexibility index (Phi) is 31.4. The van der Waals surface area contributed by atoms with E-state index in [2.05, 4.69) is 83.1 Å². The molecule has 0 aliphatic heterocycles. The quantitative estimate of drug-likeness (QED) is 0.0264. The summed E-state index contributed by atoms with van der Waals surface area (Å²) in [4.78, 5) is 79.4. The molecule has 696 valence electrons. The summed E-state index contributed by atoms with van der Waals surface area (Å²) in [6.45, 7) is 29.2. The predicted molar refractivity (Wildman–Crippen MR) is 476 cm³/mol. The first-order valence-corrected chi connectivity index (χ1v) is 51.3. The first-order valence-electron chi connectivity index (χ1n) is 51.3. The number of carbonyl (C=O) groups excluding carboxylic acids is 3. The zero-order chi connectivity index (χ0) is 87.9. The number of ether oxygens (including phenoxy) is 3. The molecule has 0 bridgehead atoms. The van der Waals surface area contributed by atoms with Crippen LogP contribution in [0.2, 0.25) is 0 Å². The molecule has 0 aromatic heterocycles. The standard InChI is InChI=1S/C105H174O17/c1-65(31-42-92(114)115)75-36-39-78-74-35-34-68-54-71(45-48-100(68,7)81(74)59-89(111)103(75,78)10)120-51-25-19-13-16-22-28-86(108)97(4)62-98(5,87(109)29-23-17-14-20-26-52-121-72-46-49-101(8)69(55-72)57-84(106)95-79-40-37-76(66(2)32-43-93(116)117)104(79,11)90(112)60-82(95)101)64-99(6,63-97)88(110)30-24-18-15-21-27-53-122-73-47-50-102(9)70(56-73)58-85(107)96-80-41-38-77(67(3)33-44-94(118)119)105(80,12)91(113)61-83(96)102/h65-85,89-91,95-96,106-107,111-113H,13-64H2,1-12H3,(H,114,115)(H,116,117)(H,118,119)/t65-,66-,67-,68-,69+,70+,71+,72+,73+,74+,75-,76-,77-,78+,79+,80+,81+,82+,83+,84-,85-,89+,90+,91+,95+,96+,97?,98?,99?,100+,101+,102+,103-,104-,105-/m1/s1. The summed E-state index contributed by atoms with van der Waals surface area (Å²) in [5.41, 5.74) is -2.87. The summed E-state index contributed by atoms with van der Waals surface area (Å²) in [6.07, 6.45) is 39.6. The molecule has 17 heteroatoms. The van der Waals surface area contributed by atoms with Crippen LogP contribution in [-0.2, 0) is 43.0 Å². The average molecular weight is 1710 g/mol. The van der Waals surface area contributed by atoms with Crippen molar-refractivity contribution in [2.75, 3.05) is 19.8 Å². The van der Waals surface area contributed by atoms with Crippen molar-refractivity contribution in [2.24, 2.45) is 155 Å². The summed E-state index contributed by atoms with van der Waals surface area (Å²) >= 11 is 0. The number of unbranched alkanes of at least 4 members (excludes halogenated alkanes) is 12. The van der Waals surface area contributed by atoms with E-state index >= 15 is 0 Å². The lowest BCUT2D eigenvalue weighted by Crippen LogP contribution is -2.62. The minimum absolute atomic E-state index is 0.0345. The molecular weight excluding hydrogens is 1530 g/mol. The second kappa shape index (κ2) is 39.6. The van der Waals surface area contributed by atoms with Crippen LogP contribution in [0.1, 0.15) is 398 Å². The Bertz CT molecular complexity index is 3370. The fraction of sp³-hybridized carbons (Fsp3) is 0.943. The molecule has 122 heavy (non-hydrogen) atoms. The predicted octanol–water partition coefficient (Wildman–Crippen LogP) is 21.4. The van der Waals surface area contributed by atoms with Crippen molar-refractivity contribution in [3.63, 3.8) is 0 Å². The van der Waals surface area contributed by atoms with Crippen molar-refractivity contribution >= 4 is 35.3 Å². The summed E-state index contributed by atoms with van der Waals surface area (Å²) in [6, 6.07) is 0. The fourth-order valence-corrected chi connectivity index (χ4v) is 34.3.